The highest BCUT2D eigenvalue weighted by Gasteiger charge is 2.21. The van der Waals surface area contributed by atoms with E-state index in [1.165, 1.54) is 10.7 Å². The van der Waals surface area contributed by atoms with Crippen LogP contribution in [0.5, 0.6) is 0 Å². The van der Waals surface area contributed by atoms with Gasteiger partial charge in [-0.05, 0) is 43.5 Å². The summed E-state index contributed by atoms with van der Waals surface area (Å²) in [5, 5.41) is 6.31. The first-order valence-electron chi connectivity index (χ1n) is 9.06. The largest absolute Gasteiger partial charge is 0.355 e. The number of hydrogen-bond donors (Lipinski definition) is 2. The molecule has 2 rings (SSSR count). The van der Waals surface area contributed by atoms with Gasteiger partial charge in [0.05, 0.1) is 4.90 Å². The Morgan fingerprint density at radius 3 is 2.48 bits per heavy atom. The molecule has 0 radical (unpaired) electrons. The van der Waals surface area contributed by atoms with E-state index in [1.54, 1.807) is 24.3 Å². The summed E-state index contributed by atoms with van der Waals surface area (Å²) >= 11 is 0. The van der Waals surface area contributed by atoms with Crippen LogP contribution in [0.4, 0.5) is 0 Å². The molecule has 1 amide bonds. The summed E-state index contributed by atoms with van der Waals surface area (Å²) in [5.74, 6) is 0.0357. The van der Waals surface area contributed by atoms with Gasteiger partial charge in [-0.1, -0.05) is 26.0 Å². The van der Waals surface area contributed by atoms with Crippen LogP contribution in [0.2, 0.25) is 0 Å². The molecule has 1 atom stereocenters. The van der Waals surface area contributed by atoms with Crippen LogP contribution in [0.1, 0.15) is 38.7 Å². The Bertz CT molecular complexity index is 649. The topological polar surface area (TPSA) is 78.5 Å². The molecule has 1 aliphatic rings. The maximum absolute atomic E-state index is 12.4. The lowest BCUT2D eigenvalue weighted by atomic mass is 10.1. The number of aryl methyl sites for hydroxylation is 1. The van der Waals surface area contributed by atoms with Gasteiger partial charge in [-0.3, -0.25) is 4.79 Å². The third-order valence-corrected chi connectivity index (χ3v) is 6.68. The van der Waals surface area contributed by atoms with Crippen LogP contribution in [0.3, 0.4) is 0 Å². The second-order valence-corrected chi connectivity index (χ2v) is 8.27. The summed E-state index contributed by atoms with van der Waals surface area (Å²) in [4.78, 5) is 12.2. The zero-order valence-electron chi connectivity index (χ0n) is 15.1. The second-order valence-electron chi connectivity index (χ2n) is 6.33. The lowest BCUT2D eigenvalue weighted by Gasteiger charge is -2.18. The van der Waals surface area contributed by atoms with Crippen molar-refractivity contribution in [2.75, 3.05) is 26.2 Å². The highest BCUT2D eigenvalue weighted by atomic mass is 32.2. The second kappa shape index (κ2) is 9.31. The first kappa shape index (κ1) is 19.9. The number of nitrogens with zero attached hydrogens (tertiary/aromatic N) is 1. The van der Waals surface area contributed by atoms with Crippen LogP contribution in [0, 0.1) is 0 Å². The minimum atomic E-state index is -3.42. The van der Waals surface area contributed by atoms with E-state index in [2.05, 4.69) is 10.6 Å². The summed E-state index contributed by atoms with van der Waals surface area (Å²) in [7, 11) is -3.42. The van der Waals surface area contributed by atoms with Crippen molar-refractivity contribution >= 4 is 15.9 Å². The Hall–Kier alpha value is -1.44. The molecule has 1 heterocycles. The van der Waals surface area contributed by atoms with Crippen molar-refractivity contribution in [1.29, 1.82) is 0 Å². The molecule has 0 aromatic heterocycles. The zero-order chi connectivity index (χ0) is 18.3. The van der Waals surface area contributed by atoms with Gasteiger partial charge in [0.2, 0.25) is 15.9 Å². The number of carbonyl (C=O) groups excluding carboxylic acids is 1. The van der Waals surface area contributed by atoms with Gasteiger partial charge in [0.25, 0.3) is 0 Å². The van der Waals surface area contributed by atoms with Crippen molar-refractivity contribution in [2.24, 2.45) is 0 Å². The summed E-state index contributed by atoms with van der Waals surface area (Å²) < 4.78 is 26.3. The quantitative estimate of drug-likeness (QED) is 0.694. The monoisotopic (exact) mass is 367 g/mol. The highest BCUT2D eigenvalue weighted by Crippen LogP contribution is 2.16. The molecule has 25 heavy (non-hydrogen) atoms. The van der Waals surface area contributed by atoms with Gasteiger partial charge in [-0.2, -0.15) is 4.31 Å². The van der Waals surface area contributed by atoms with Gasteiger partial charge in [0.1, 0.15) is 0 Å². The van der Waals surface area contributed by atoms with Crippen molar-refractivity contribution in [1.82, 2.24) is 14.9 Å². The smallest absolute Gasteiger partial charge is 0.243 e. The fraction of sp³-hybridized carbons (Fsp3) is 0.611. The molecule has 7 heteroatoms. The maximum atomic E-state index is 12.4. The van der Waals surface area contributed by atoms with Gasteiger partial charge in [-0.25, -0.2) is 8.42 Å². The molecule has 140 valence electrons. The summed E-state index contributed by atoms with van der Waals surface area (Å²) in [6.45, 7) is 6.28. The fourth-order valence-corrected chi connectivity index (χ4v) is 4.51. The van der Waals surface area contributed by atoms with Gasteiger partial charge in [0.15, 0.2) is 0 Å². The predicted molar refractivity (Wildman–Crippen MR) is 98.9 cm³/mol. The van der Waals surface area contributed by atoms with E-state index in [1.807, 2.05) is 13.8 Å². The highest BCUT2D eigenvalue weighted by molar-refractivity contribution is 7.89. The van der Waals surface area contributed by atoms with Gasteiger partial charge in [0, 0.05) is 32.1 Å². The van der Waals surface area contributed by atoms with E-state index in [-0.39, 0.29) is 5.91 Å². The molecule has 0 saturated carbocycles. The first-order valence-corrected chi connectivity index (χ1v) is 10.5. The predicted octanol–water partition coefficient (Wildman–Crippen LogP) is 1.52. The van der Waals surface area contributed by atoms with Crippen LogP contribution < -0.4 is 10.6 Å². The number of nitrogens with one attached hydrogen (secondary N) is 2. The van der Waals surface area contributed by atoms with E-state index in [9.17, 15) is 13.2 Å². The maximum Gasteiger partial charge on any atom is 0.243 e. The number of benzene rings is 1. The van der Waals surface area contributed by atoms with Crippen molar-refractivity contribution in [3.8, 4) is 0 Å². The van der Waals surface area contributed by atoms with Crippen LogP contribution in [0.25, 0.3) is 0 Å². The Labute approximate surface area is 151 Å². The van der Waals surface area contributed by atoms with E-state index in [0.29, 0.717) is 43.4 Å². The zero-order valence-corrected chi connectivity index (χ0v) is 15.9. The SMILES string of the molecule is CCN(CC)S(=O)(=O)c1ccc(CCC(=O)NCC2CCCN2)cc1. The van der Waals surface area contributed by atoms with Crippen LogP contribution in [-0.4, -0.2) is 50.9 Å². The van der Waals surface area contributed by atoms with E-state index < -0.39 is 10.0 Å². The molecule has 2 N–H and O–H groups in total. The molecule has 0 aliphatic carbocycles. The van der Waals surface area contributed by atoms with Crippen molar-refractivity contribution < 1.29 is 13.2 Å². The standard InChI is InChI=1S/C18H29N3O3S/c1-3-21(4-2)25(23,24)17-10-7-15(8-11-17)9-12-18(22)20-14-16-6-5-13-19-16/h7-8,10-11,16,19H,3-6,9,12-14H2,1-2H3,(H,20,22). The number of amides is 1. The Kier molecular flexibility index (Phi) is 7.40. The van der Waals surface area contributed by atoms with Crippen molar-refractivity contribution in [3.63, 3.8) is 0 Å². The molecule has 1 fully saturated rings. The average Bonchev–Trinajstić information content (AvgIpc) is 3.13. The minimum absolute atomic E-state index is 0.0357. The molecule has 1 unspecified atom stereocenters. The van der Waals surface area contributed by atoms with E-state index in [0.717, 1.165) is 18.5 Å². The van der Waals surface area contributed by atoms with Gasteiger partial charge >= 0.3 is 0 Å². The van der Waals surface area contributed by atoms with Crippen LogP contribution >= 0.6 is 0 Å². The molecule has 0 bridgehead atoms. The summed E-state index contributed by atoms with van der Waals surface area (Å²) in [6.07, 6.45) is 3.30. The molecule has 1 saturated heterocycles. The number of sulfonamides is 1. The molecule has 0 spiro atoms. The average molecular weight is 368 g/mol. The number of carbonyl (C=O) groups is 1. The Morgan fingerprint density at radius 2 is 1.92 bits per heavy atom. The first-order chi connectivity index (χ1) is 12.0. The lowest BCUT2D eigenvalue weighted by Crippen LogP contribution is -2.37. The molecule has 1 aromatic carbocycles. The molecular weight excluding hydrogens is 338 g/mol. The third-order valence-electron chi connectivity index (χ3n) is 4.62. The van der Waals surface area contributed by atoms with E-state index in [4.69, 9.17) is 0 Å². The Balaban J connectivity index is 1.84. The van der Waals surface area contributed by atoms with Crippen LogP contribution in [-0.2, 0) is 21.2 Å². The number of hydrogen-bond acceptors (Lipinski definition) is 4. The summed E-state index contributed by atoms with van der Waals surface area (Å²) in [5.41, 5.74) is 0.965. The lowest BCUT2D eigenvalue weighted by molar-refractivity contribution is -0.121. The Morgan fingerprint density at radius 1 is 1.24 bits per heavy atom. The normalized spacial score (nSPS) is 17.8. The number of rotatable bonds is 9. The molecular formula is C18H29N3O3S. The van der Waals surface area contributed by atoms with Crippen LogP contribution in [0.15, 0.2) is 29.2 Å². The van der Waals surface area contributed by atoms with Crippen molar-refractivity contribution in [3.05, 3.63) is 29.8 Å². The van der Waals surface area contributed by atoms with Crippen molar-refractivity contribution in [2.45, 2.75) is 50.5 Å². The molecule has 1 aromatic rings. The third kappa shape index (κ3) is 5.52. The van der Waals surface area contributed by atoms with Gasteiger partial charge in [-0.15, -0.1) is 0 Å². The fourth-order valence-electron chi connectivity index (χ4n) is 3.05. The molecule has 6 nitrogen and oxygen atoms in total. The van der Waals surface area contributed by atoms with Gasteiger partial charge < -0.3 is 10.6 Å². The minimum Gasteiger partial charge on any atom is -0.355 e. The summed E-state index contributed by atoms with van der Waals surface area (Å²) in [6, 6.07) is 7.24. The molecule has 1 aliphatic heterocycles. The van der Waals surface area contributed by atoms with E-state index >= 15 is 0 Å².